The molecule has 2 aromatic carbocycles. The highest BCUT2D eigenvalue weighted by Gasteiger charge is 2.08. The molecule has 0 saturated carbocycles. The van der Waals surface area contributed by atoms with Gasteiger partial charge in [0.25, 0.3) is 0 Å². The van der Waals surface area contributed by atoms with Crippen molar-refractivity contribution in [3.8, 4) is 22.0 Å². The van der Waals surface area contributed by atoms with Crippen LogP contribution >= 0.6 is 11.5 Å². The topological polar surface area (TPSA) is 25.8 Å². The predicted octanol–water partition coefficient (Wildman–Crippen LogP) is 6.56. The van der Waals surface area contributed by atoms with E-state index in [0.29, 0.717) is 0 Å². The highest BCUT2D eigenvalue weighted by molar-refractivity contribution is 7.09. The zero-order valence-electron chi connectivity index (χ0n) is 15.2. The van der Waals surface area contributed by atoms with Crippen LogP contribution in [0.1, 0.15) is 50.7 Å². The molecule has 2 nitrogen and oxygen atoms in total. The predicted molar refractivity (Wildman–Crippen MR) is 108 cm³/mol. The molecular formula is C22H26N2S. The third-order valence-electron chi connectivity index (χ3n) is 4.48. The number of benzene rings is 2. The third kappa shape index (κ3) is 4.76. The molecule has 0 aliphatic heterocycles. The molecule has 25 heavy (non-hydrogen) atoms. The molecule has 130 valence electrons. The van der Waals surface area contributed by atoms with Crippen molar-refractivity contribution in [2.75, 3.05) is 0 Å². The Morgan fingerprint density at radius 3 is 1.76 bits per heavy atom. The van der Waals surface area contributed by atoms with Gasteiger partial charge < -0.3 is 0 Å². The van der Waals surface area contributed by atoms with Crippen molar-refractivity contribution in [3.63, 3.8) is 0 Å². The zero-order chi connectivity index (χ0) is 17.5. The highest BCUT2D eigenvalue weighted by atomic mass is 32.1. The van der Waals surface area contributed by atoms with Crippen LogP contribution in [0.2, 0.25) is 0 Å². The number of aryl methyl sites for hydroxylation is 2. The molecule has 0 spiro atoms. The van der Waals surface area contributed by atoms with Crippen molar-refractivity contribution in [2.45, 2.75) is 52.4 Å². The summed E-state index contributed by atoms with van der Waals surface area (Å²) in [6.45, 7) is 4.46. The molecule has 0 N–H and O–H groups in total. The second-order valence-electron chi connectivity index (χ2n) is 6.52. The Kier molecular flexibility index (Phi) is 6.35. The Hall–Kier alpha value is -2.00. The largest absolute Gasteiger partial charge is 0.215 e. The molecule has 0 atom stereocenters. The lowest BCUT2D eigenvalue weighted by molar-refractivity contribution is 0.795. The molecule has 3 rings (SSSR count). The van der Waals surface area contributed by atoms with Crippen LogP contribution in [0.5, 0.6) is 0 Å². The molecule has 3 heteroatoms. The van der Waals surface area contributed by atoms with Gasteiger partial charge in [-0.2, -0.15) is 4.37 Å². The van der Waals surface area contributed by atoms with E-state index in [9.17, 15) is 0 Å². The number of hydrogen-bond acceptors (Lipinski definition) is 3. The van der Waals surface area contributed by atoms with E-state index in [0.717, 1.165) is 34.8 Å². The lowest BCUT2D eigenvalue weighted by Gasteiger charge is -2.02. The minimum atomic E-state index is 0.831. The Labute approximate surface area is 155 Å². The molecule has 0 saturated heterocycles. The summed E-state index contributed by atoms with van der Waals surface area (Å²) >= 11 is 1.48. The molecule has 0 bridgehead atoms. The summed E-state index contributed by atoms with van der Waals surface area (Å²) in [6.07, 6.45) is 7.26. The first-order valence-corrected chi connectivity index (χ1v) is 10.1. The number of nitrogens with zero attached hydrogens (tertiary/aromatic N) is 2. The number of aromatic nitrogens is 2. The number of unbranched alkanes of at least 4 members (excludes halogenated alkanes) is 2. The van der Waals surface area contributed by atoms with Gasteiger partial charge in [0, 0.05) is 11.1 Å². The lowest BCUT2D eigenvalue weighted by Crippen LogP contribution is -1.87. The molecule has 0 aliphatic carbocycles. The molecule has 0 fully saturated rings. The van der Waals surface area contributed by atoms with Gasteiger partial charge in [-0.1, -0.05) is 75.2 Å². The minimum absolute atomic E-state index is 0.831. The highest BCUT2D eigenvalue weighted by Crippen LogP contribution is 2.26. The molecule has 0 aliphatic rings. The van der Waals surface area contributed by atoms with E-state index in [1.807, 2.05) is 0 Å². The van der Waals surface area contributed by atoms with Gasteiger partial charge in [0.2, 0.25) is 0 Å². The second-order valence-corrected chi connectivity index (χ2v) is 7.28. The second kappa shape index (κ2) is 8.91. The summed E-state index contributed by atoms with van der Waals surface area (Å²) in [5.41, 5.74) is 5.05. The average Bonchev–Trinajstić information content (AvgIpc) is 3.15. The monoisotopic (exact) mass is 350 g/mol. The Balaban J connectivity index is 1.71. The molecular weight excluding hydrogens is 324 g/mol. The van der Waals surface area contributed by atoms with Crippen molar-refractivity contribution >= 4 is 11.5 Å². The van der Waals surface area contributed by atoms with Crippen molar-refractivity contribution in [3.05, 3.63) is 59.7 Å². The first kappa shape index (κ1) is 17.8. The first-order valence-electron chi connectivity index (χ1n) is 9.32. The smallest absolute Gasteiger partial charge is 0.173 e. The molecule has 0 radical (unpaired) electrons. The SMILES string of the molecule is CCCCc1ccc(-c2nsc(-c3ccc(CCCC)cc3)n2)cc1. The quantitative estimate of drug-likeness (QED) is 0.460. The fourth-order valence-corrected chi connectivity index (χ4v) is 3.54. The minimum Gasteiger partial charge on any atom is -0.215 e. The maximum atomic E-state index is 4.74. The van der Waals surface area contributed by atoms with Gasteiger partial charge >= 0.3 is 0 Å². The van der Waals surface area contributed by atoms with Gasteiger partial charge in [0.05, 0.1) is 0 Å². The van der Waals surface area contributed by atoms with Crippen LogP contribution in [-0.4, -0.2) is 9.36 Å². The summed E-state index contributed by atoms with van der Waals surface area (Å²) in [5.74, 6) is 0.831. The van der Waals surface area contributed by atoms with Gasteiger partial charge in [-0.05, 0) is 48.3 Å². The van der Waals surface area contributed by atoms with E-state index in [1.165, 1.54) is 48.3 Å². The Bertz CT molecular complexity index is 707. The summed E-state index contributed by atoms with van der Waals surface area (Å²) in [7, 11) is 0. The molecule has 1 heterocycles. The van der Waals surface area contributed by atoms with E-state index >= 15 is 0 Å². The van der Waals surface area contributed by atoms with E-state index in [-0.39, 0.29) is 0 Å². The van der Waals surface area contributed by atoms with Gasteiger partial charge in [-0.25, -0.2) is 4.98 Å². The van der Waals surface area contributed by atoms with Gasteiger partial charge in [-0.3, -0.25) is 0 Å². The van der Waals surface area contributed by atoms with Crippen LogP contribution in [0.4, 0.5) is 0 Å². The van der Waals surface area contributed by atoms with Crippen molar-refractivity contribution < 1.29 is 0 Å². The van der Waals surface area contributed by atoms with Crippen LogP contribution in [0.25, 0.3) is 22.0 Å². The normalized spacial score (nSPS) is 11.0. The van der Waals surface area contributed by atoms with Crippen LogP contribution in [0.3, 0.4) is 0 Å². The molecule has 1 aromatic heterocycles. The fourth-order valence-electron chi connectivity index (χ4n) is 2.85. The van der Waals surface area contributed by atoms with Crippen molar-refractivity contribution in [2.24, 2.45) is 0 Å². The zero-order valence-corrected chi connectivity index (χ0v) is 16.0. The summed E-state index contributed by atoms with van der Waals surface area (Å²) < 4.78 is 4.56. The number of rotatable bonds is 8. The molecule has 0 unspecified atom stereocenters. The van der Waals surface area contributed by atoms with Crippen molar-refractivity contribution in [1.29, 1.82) is 0 Å². The lowest BCUT2D eigenvalue weighted by atomic mass is 10.1. The Morgan fingerprint density at radius 2 is 1.24 bits per heavy atom. The summed E-state index contributed by atoms with van der Waals surface area (Å²) in [4.78, 5) is 4.74. The maximum absolute atomic E-state index is 4.74. The maximum Gasteiger partial charge on any atom is 0.173 e. The number of hydrogen-bond donors (Lipinski definition) is 0. The van der Waals surface area contributed by atoms with E-state index in [1.54, 1.807) is 0 Å². The first-order chi connectivity index (χ1) is 12.3. The standard InChI is InChI=1S/C22H26N2S/c1-3-5-7-17-9-13-19(14-10-17)21-23-22(25-24-21)20-15-11-18(12-16-20)8-6-4-2/h9-16H,3-8H2,1-2H3. The van der Waals surface area contributed by atoms with Crippen LogP contribution in [0.15, 0.2) is 48.5 Å². The van der Waals surface area contributed by atoms with Crippen LogP contribution in [0, 0.1) is 0 Å². The van der Waals surface area contributed by atoms with E-state index in [4.69, 9.17) is 4.98 Å². The van der Waals surface area contributed by atoms with E-state index < -0.39 is 0 Å². The van der Waals surface area contributed by atoms with Crippen molar-refractivity contribution in [1.82, 2.24) is 9.36 Å². The van der Waals surface area contributed by atoms with Gasteiger partial charge in [0.15, 0.2) is 5.82 Å². The fraction of sp³-hybridized carbons (Fsp3) is 0.364. The Morgan fingerprint density at radius 1 is 0.720 bits per heavy atom. The van der Waals surface area contributed by atoms with Crippen LogP contribution < -0.4 is 0 Å². The summed E-state index contributed by atoms with van der Waals surface area (Å²) in [5, 5.41) is 0.993. The van der Waals surface area contributed by atoms with Gasteiger partial charge in [0.1, 0.15) is 5.01 Å². The molecule has 3 aromatic rings. The summed E-state index contributed by atoms with van der Waals surface area (Å²) in [6, 6.07) is 17.5. The molecule has 0 amide bonds. The van der Waals surface area contributed by atoms with Gasteiger partial charge in [-0.15, -0.1) is 0 Å². The van der Waals surface area contributed by atoms with Crippen LogP contribution in [-0.2, 0) is 12.8 Å². The average molecular weight is 351 g/mol. The third-order valence-corrected chi connectivity index (χ3v) is 5.24. The van der Waals surface area contributed by atoms with E-state index in [2.05, 4.69) is 66.8 Å².